The largest absolute Gasteiger partial charge is 0.463 e. The van der Waals surface area contributed by atoms with Gasteiger partial charge in [-0.05, 0) is 51.1 Å². The number of nitrogens with two attached hydrogens (primary N) is 1. The van der Waals surface area contributed by atoms with Crippen LogP contribution in [-0.4, -0.2) is 29.2 Å². The lowest BCUT2D eigenvalue weighted by atomic mass is 9.95. The first-order chi connectivity index (χ1) is 9.80. The van der Waals surface area contributed by atoms with Crippen molar-refractivity contribution in [3.05, 3.63) is 22.9 Å². The number of hydrogen-bond donors (Lipinski definition) is 1. The molecule has 0 saturated carbocycles. The molecule has 2 rings (SSSR count). The van der Waals surface area contributed by atoms with Gasteiger partial charge in [0.05, 0.1) is 6.61 Å². The predicted molar refractivity (Wildman–Crippen MR) is 77.5 cm³/mol. The van der Waals surface area contributed by atoms with E-state index < -0.39 is 16.7 Å². The summed E-state index contributed by atoms with van der Waals surface area (Å²) in [6.45, 7) is 7.13. The van der Waals surface area contributed by atoms with Crippen LogP contribution in [0, 0.1) is 13.8 Å². The summed E-state index contributed by atoms with van der Waals surface area (Å²) in [6.07, 6.45) is 0. The van der Waals surface area contributed by atoms with Crippen LogP contribution in [0.15, 0.2) is 11.1 Å². The van der Waals surface area contributed by atoms with Crippen LogP contribution in [0.3, 0.4) is 0 Å². The van der Waals surface area contributed by atoms with Gasteiger partial charge in [-0.2, -0.15) is 0 Å². The summed E-state index contributed by atoms with van der Waals surface area (Å²) in [5.74, 6) is -1.04. The molecule has 0 aliphatic carbocycles. The maximum Gasteiger partial charge on any atom is 0.360 e. The lowest BCUT2D eigenvalue weighted by molar-refractivity contribution is -0.173. The molecule has 0 saturated heterocycles. The van der Waals surface area contributed by atoms with Crippen LogP contribution >= 0.6 is 11.8 Å². The molecule has 2 N–H and O–H groups in total. The molecule has 0 bridgehead atoms. The predicted octanol–water partition coefficient (Wildman–Crippen LogP) is 2.18. The topological polar surface area (TPSA) is 74.4 Å². The molecule has 0 radical (unpaired) electrons. The molecule has 0 amide bonds. The maximum atomic E-state index is 15.4. The molecule has 7 heteroatoms. The third-order valence-corrected chi connectivity index (χ3v) is 4.55. The molecule has 2 heterocycles. The molecule has 0 spiro atoms. The van der Waals surface area contributed by atoms with Crippen LogP contribution in [-0.2, 0) is 20.0 Å². The van der Waals surface area contributed by atoms with E-state index in [-0.39, 0.29) is 13.2 Å². The summed E-state index contributed by atoms with van der Waals surface area (Å²) in [5, 5.41) is -2.17. The van der Waals surface area contributed by atoms with E-state index in [1.165, 1.54) is 0 Å². The van der Waals surface area contributed by atoms with Gasteiger partial charge >= 0.3 is 11.0 Å². The van der Waals surface area contributed by atoms with Crippen LogP contribution in [0.1, 0.15) is 30.7 Å². The van der Waals surface area contributed by atoms with Gasteiger partial charge in [0.1, 0.15) is 5.03 Å². The summed E-state index contributed by atoms with van der Waals surface area (Å²) in [5.41, 5.74) is 6.16. The van der Waals surface area contributed by atoms with E-state index in [1.807, 2.05) is 0 Å². The summed E-state index contributed by atoms with van der Waals surface area (Å²) in [4.78, 5) is 16.4. The second-order valence-corrected chi connectivity index (χ2v) is 6.00. The van der Waals surface area contributed by atoms with E-state index in [4.69, 9.17) is 15.2 Å². The maximum absolute atomic E-state index is 15.4. The Kier molecular flexibility index (Phi) is 4.28. The Balaban J connectivity index is 2.61. The van der Waals surface area contributed by atoms with Crippen molar-refractivity contribution < 1.29 is 18.7 Å². The Morgan fingerprint density at radius 2 is 2.10 bits per heavy atom. The lowest BCUT2D eigenvalue weighted by Crippen LogP contribution is -2.57. The SMILES string of the molecule is CCOC(=O)C1(F)Sc2nc(C)cc(C)c2C1(N)OCC. The number of aromatic nitrogens is 1. The van der Waals surface area contributed by atoms with Gasteiger partial charge in [-0.3, -0.25) is 5.73 Å². The molecular weight excluding hydrogens is 295 g/mol. The van der Waals surface area contributed by atoms with Crippen molar-refractivity contribution >= 4 is 17.7 Å². The smallest absolute Gasteiger partial charge is 0.360 e. The number of thioether (sulfide) groups is 1. The number of fused-ring (bicyclic) bond motifs is 1. The van der Waals surface area contributed by atoms with Crippen molar-refractivity contribution in [1.29, 1.82) is 0 Å². The van der Waals surface area contributed by atoms with Gasteiger partial charge in [-0.25, -0.2) is 14.2 Å². The number of rotatable bonds is 4. The minimum Gasteiger partial charge on any atom is -0.463 e. The van der Waals surface area contributed by atoms with Gasteiger partial charge in [-0.1, -0.05) is 0 Å². The average molecular weight is 314 g/mol. The Bertz CT molecular complexity index is 584. The number of aryl methyl sites for hydroxylation is 2. The molecule has 21 heavy (non-hydrogen) atoms. The van der Waals surface area contributed by atoms with Gasteiger partial charge in [0.2, 0.25) is 5.72 Å². The van der Waals surface area contributed by atoms with Crippen molar-refractivity contribution in [2.75, 3.05) is 13.2 Å². The molecule has 2 unspecified atom stereocenters. The van der Waals surface area contributed by atoms with E-state index in [0.29, 0.717) is 22.4 Å². The first-order valence-corrected chi connectivity index (χ1v) is 7.58. The fourth-order valence-corrected chi connectivity index (χ4v) is 3.83. The quantitative estimate of drug-likeness (QED) is 0.678. The summed E-state index contributed by atoms with van der Waals surface area (Å²) in [7, 11) is 0. The van der Waals surface area contributed by atoms with E-state index in [2.05, 4.69) is 4.98 Å². The van der Waals surface area contributed by atoms with Gasteiger partial charge in [-0.15, -0.1) is 0 Å². The van der Waals surface area contributed by atoms with E-state index >= 15 is 4.39 Å². The molecule has 0 fully saturated rings. The normalized spacial score (nSPS) is 27.5. The van der Waals surface area contributed by atoms with Crippen LogP contribution in [0.2, 0.25) is 0 Å². The molecule has 116 valence electrons. The highest BCUT2D eigenvalue weighted by atomic mass is 32.2. The summed E-state index contributed by atoms with van der Waals surface area (Å²) in [6, 6.07) is 1.79. The minimum atomic E-state index is -2.55. The highest BCUT2D eigenvalue weighted by molar-refractivity contribution is 8.01. The van der Waals surface area contributed by atoms with Crippen molar-refractivity contribution in [3.8, 4) is 0 Å². The third kappa shape index (κ3) is 2.33. The summed E-state index contributed by atoms with van der Waals surface area (Å²) >= 11 is 0.659. The number of hydrogen-bond acceptors (Lipinski definition) is 6. The Morgan fingerprint density at radius 3 is 2.67 bits per heavy atom. The number of nitrogens with zero attached hydrogens (tertiary/aromatic N) is 1. The van der Waals surface area contributed by atoms with Crippen LogP contribution in [0.25, 0.3) is 0 Å². The third-order valence-electron chi connectivity index (χ3n) is 3.31. The van der Waals surface area contributed by atoms with Crippen LogP contribution in [0.4, 0.5) is 4.39 Å². The zero-order valence-electron chi connectivity index (χ0n) is 12.5. The molecule has 1 aromatic rings. The second-order valence-electron chi connectivity index (χ2n) is 4.85. The number of carbonyl (C=O) groups is 1. The lowest BCUT2D eigenvalue weighted by Gasteiger charge is -2.34. The Hall–Kier alpha value is -1.18. The highest BCUT2D eigenvalue weighted by Crippen LogP contribution is 2.56. The number of esters is 1. The zero-order chi connectivity index (χ0) is 15.8. The molecule has 1 aromatic heterocycles. The Morgan fingerprint density at radius 1 is 1.43 bits per heavy atom. The van der Waals surface area contributed by atoms with Crippen molar-refractivity contribution in [1.82, 2.24) is 4.98 Å². The van der Waals surface area contributed by atoms with Gasteiger partial charge in [0, 0.05) is 17.9 Å². The van der Waals surface area contributed by atoms with Crippen molar-refractivity contribution in [2.45, 2.75) is 43.4 Å². The first kappa shape index (κ1) is 16.2. The Labute approximate surface area is 127 Å². The second kappa shape index (κ2) is 5.55. The number of alkyl halides is 1. The van der Waals surface area contributed by atoms with E-state index in [1.54, 1.807) is 33.8 Å². The number of carbonyl (C=O) groups excluding carboxylic acids is 1. The molecule has 5 nitrogen and oxygen atoms in total. The monoisotopic (exact) mass is 314 g/mol. The fourth-order valence-electron chi connectivity index (χ4n) is 2.51. The fraction of sp³-hybridized carbons (Fsp3) is 0.571. The van der Waals surface area contributed by atoms with Crippen LogP contribution in [0.5, 0.6) is 0 Å². The van der Waals surface area contributed by atoms with Gasteiger partial charge < -0.3 is 9.47 Å². The number of pyridine rings is 1. The first-order valence-electron chi connectivity index (χ1n) is 6.76. The summed E-state index contributed by atoms with van der Waals surface area (Å²) < 4.78 is 25.7. The number of halogens is 1. The molecule has 2 atom stereocenters. The molecule has 1 aliphatic rings. The van der Waals surface area contributed by atoms with Gasteiger partial charge in [0.15, 0.2) is 0 Å². The van der Waals surface area contributed by atoms with Gasteiger partial charge in [0.25, 0.3) is 0 Å². The molecular formula is C14H19FN2O3S. The van der Waals surface area contributed by atoms with Crippen molar-refractivity contribution in [3.63, 3.8) is 0 Å². The average Bonchev–Trinajstić information content (AvgIpc) is 2.59. The number of ether oxygens (including phenoxy) is 2. The van der Waals surface area contributed by atoms with E-state index in [0.717, 1.165) is 11.3 Å². The van der Waals surface area contributed by atoms with E-state index in [9.17, 15) is 4.79 Å². The zero-order valence-corrected chi connectivity index (χ0v) is 13.3. The standard InChI is InChI=1S/C14H19FN2O3S/c1-5-19-12(18)13(15)14(16,20-6-2)10-8(3)7-9(4)17-11(10)21-13/h7H,5-6,16H2,1-4H3. The highest BCUT2D eigenvalue weighted by Gasteiger charge is 2.66. The minimum absolute atomic E-state index is 0.0645. The van der Waals surface area contributed by atoms with Crippen molar-refractivity contribution in [2.24, 2.45) is 5.73 Å². The molecule has 1 aliphatic heterocycles. The molecule has 0 aromatic carbocycles. The van der Waals surface area contributed by atoms with Crippen LogP contribution < -0.4 is 5.73 Å².